The molecule has 0 aliphatic rings. The number of primary amides is 1. The molecule has 0 atom stereocenters. The van der Waals surface area contributed by atoms with Crippen molar-refractivity contribution < 1.29 is 33.4 Å². The van der Waals surface area contributed by atoms with Crippen molar-refractivity contribution >= 4 is 24.1 Å². The van der Waals surface area contributed by atoms with Gasteiger partial charge < -0.3 is 41.2 Å². The fraction of sp³-hybridized carbons (Fsp3) is 0.667. The molecule has 0 aliphatic heterocycles. The number of hydrogen-bond donors (Lipinski definition) is 5. The maximum Gasteiger partial charge on any atom is 0.246 e. The van der Waals surface area contributed by atoms with E-state index in [0.717, 1.165) is 18.5 Å². The van der Waals surface area contributed by atoms with E-state index in [-0.39, 0.29) is 36.3 Å². The lowest BCUT2D eigenvalue weighted by atomic mass is 10.1. The largest absolute Gasteiger partial charge is 0.379 e. The highest BCUT2D eigenvalue weighted by Crippen LogP contribution is 2.02. The third-order valence-corrected chi connectivity index (χ3v) is 4.65. The van der Waals surface area contributed by atoms with E-state index in [4.69, 9.17) is 19.0 Å². The second-order valence-electron chi connectivity index (χ2n) is 9.48. The summed E-state index contributed by atoms with van der Waals surface area (Å²) in [7, 11) is 0. The molecular formula is C30H57N5O7. The zero-order chi connectivity index (χ0) is 32.5. The molecule has 244 valence electrons. The highest BCUT2D eigenvalue weighted by atomic mass is 16.5. The smallest absolute Gasteiger partial charge is 0.246 e. The van der Waals surface area contributed by atoms with Crippen LogP contribution < -0.4 is 27.0 Å². The number of carbonyl (C=O) groups is 4. The number of hydrogen-bond acceptors (Lipinski definition) is 8. The van der Waals surface area contributed by atoms with Gasteiger partial charge in [-0.3, -0.25) is 19.2 Å². The number of allylic oxidation sites excluding steroid dienone is 2. The molecule has 0 radical (unpaired) electrons. The quantitative estimate of drug-likeness (QED) is 0.0672. The zero-order valence-electron chi connectivity index (χ0n) is 26.6. The summed E-state index contributed by atoms with van der Waals surface area (Å²) >= 11 is 0. The van der Waals surface area contributed by atoms with E-state index in [1.165, 1.54) is 0 Å². The van der Waals surface area contributed by atoms with E-state index in [9.17, 15) is 14.4 Å². The predicted molar refractivity (Wildman–Crippen MR) is 168 cm³/mol. The van der Waals surface area contributed by atoms with Crippen LogP contribution in [-0.4, -0.2) is 95.5 Å². The number of ether oxygens (including phenoxy) is 3. The van der Waals surface area contributed by atoms with E-state index in [0.29, 0.717) is 71.9 Å². The van der Waals surface area contributed by atoms with Crippen LogP contribution in [0.3, 0.4) is 0 Å². The lowest BCUT2D eigenvalue weighted by Gasteiger charge is -2.20. The molecule has 6 N–H and O–H groups in total. The molecule has 0 aromatic rings. The normalized spacial score (nSPS) is 10.6. The summed E-state index contributed by atoms with van der Waals surface area (Å²) in [5.74, 6) is -0.294. The van der Waals surface area contributed by atoms with E-state index >= 15 is 0 Å². The summed E-state index contributed by atoms with van der Waals surface area (Å²) in [6.45, 7) is 21.8. The van der Waals surface area contributed by atoms with Crippen LogP contribution in [0, 0.1) is 0 Å². The number of nitrogens with two attached hydrogens (primary N) is 1. The molecule has 0 aromatic heterocycles. The molecular weight excluding hydrogens is 542 g/mol. The van der Waals surface area contributed by atoms with Crippen molar-refractivity contribution in [2.45, 2.75) is 65.8 Å². The van der Waals surface area contributed by atoms with Gasteiger partial charge in [-0.1, -0.05) is 45.2 Å². The van der Waals surface area contributed by atoms with Crippen LogP contribution in [0.1, 0.15) is 60.3 Å². The number of rotatable bonds is 23. The zero-order valence-corrected chi connectivity index (χ0v) is 26.6. The summed E-state index contributed by atoms with van der Waals surface area (Å²) < 4.78 is 16.3. The molecule has 0 aromatic carbocycles. The highest BCUT2D eigenvalue weighted by Gasteiger charge is 2.13. The predicted octanol–water partition coefficient (Wildman–Crippen LogP) is 1.76. The molecule has 42 heavy (non-hydrogen) atoms. The van der Waals surface area contributed by atoms with Crippen molar-refractivity contribution in [3.05, 3.63) is 37.0 Å². The average molecular weight is 600 g/mol. The monoisotopic (exact) mass is 599 g/mol. The Morgan fingerprint density at radius 3 is 1.98 bits per heavy atom. The van der Waals surface area contributed by atoms with Crippen molar-refractivity contribution in [2.75, 3.05) is 65.8 Å². The summed E-state index contributed by atoms with van der Waals surface area (Å²) in [5.41, 5.74) is 4.80. The van der Waals surface area contributed by atoms with Crippen LogP contribution in [0.5, 0.6) is 0 Å². The molecule has 0 unspecified atom stereocenters. The van der Waals surface area contributed by atoms with Gasteiger partial charge in [0.25, 0.3) is 0 Å². The molecule has 0 spiro atoms. The Hall–Kier alpha value is -3.06. The standard InChI is InChI=1S/C27H48N4O6.C2H6.CH3NO/c1-6-10-23(7-2)21-30-26(34)22-37-17-14-28-13-9-16-35-19-20-36-18-15-29-24(32)11-8-12-25(33)31-27(3,4)5;1-2;2-1-3/h6-7,10,28H,1-2,8-9,11-22H2,3-5H3,(H,29,32)(H,30,34)(H,31,33);1-2H3;1H,(H2,2,3)/b23-10+;;. The van der Waals surface area contributed by atoms with E-state index in [2.05, 4.69) is 40.2 Å². The summed E-state index contributed by atoms with van der Waals surface area (Å²) in [5, 5.41) is 11.6. The van der Waals surface area contributed by atoms with Crippen LogP contribution in [0.25, 0.3) is 0 Å². The summed E-state index contributed by atoms with van der Waals surface area (Å²) in [4.78, 5) is 43.8. The molecule has 4 amide bonds. The highest BCUT2D eigenvalue weighted by molar-refractivity contribution is 5.79. The molecule has 0 rings (SSSR count). The molecule has 0 bridgehead atoms. The average Bonchev–Trinajstić information content (AvgIpc) is 2.93. The maximum absolute atomic E-state index is 11.8. The van der Waals surface area contributed by atoms with Crippen LogP contribution >= 0.6 is 0 Å². The number of nitrogens with one attached hydrogen (secondary N) is 4. The molecule has 0 fully saturated rings. The number of carbonyl (C=O) groups excluding carboxylic acids is 4. The topological polar surface area (TPSA) is 170 Å². The summed E-state index contributed by atoms with van der Waals surface area (Å²) in [6.07, 6.45) is 7.40. The third kappa shape index (κ3) is 36.9. The van der Waals surface area contributed by atoms with Crippen molar-refractivity contribution in [3.63, 3.8) is 0 Å². The lowest BCUT2D eigenvalue weighted by molar-refractivity contribution is -0.125. The fourth-order valence-corrected chi connectivity index (χ4v) is 2.90. The number of amides is 4. The Balaban J connectivity index is -0.00000284. The van der Waals surface area contributed by atoms with Gasteiger partial charge in [-0.15, -0.1) is 0 Å². The second-order valence-corrected chi connectivity index (χ2v) is 9.48. The van der Waals surface area contributed by atoms with Crippen LogP contribution in [0.2, 0.25) is 0 Å². The van der Waals surface area contributed by atoms with Crippen molar-refractivity contribution in [3.8, 4) is 0 Å². The van der Waals surface area contributed by atoms with Gasteiger partial charge in [0.05, 0.1) is 26.4 Å². The molecule has 12 nitrogen and oxygen atoms in total. The minimum absolute atomic E-state index is 0.0172. The molecule has 0 heterocycles. The first kappa shape index (κ1) is 43.4. The van der Waals surface area contributed by atoms with Gasteiger partial charge in [-0.05, 0) is 45.7 Å². The van der Waals surface area contributed by atoms with Gasteiger partial charge in [-0.25, -0.2) is 0 Å². The SMILES string of the molecule is C=C/C=C(\C=C)CNC(=O)COCCNCCCOCCOCCNC(=O)CCCC(=O)NC(C)(C)C.CC.NC=O. The third-order valence-electron chi connectivity index (χ3n) is 4.65. The molecule has 12 heteroatoms. The lowest BCUT2D eigenvalue weighted by Crippen LogP contribution is -2.40. The first-order chi connectivity index (χ1) is 20.1. The Bertz CT molecular complexity index is 753. The van der Waals surface area contributed by atoms with Crippen molar-refractivity contribution in [2.24, 2.45) is 5.73 Å². The van der Waals surface area contributed by atoms with Crippen molar-refractivity contribution in [1.29, 1.82) is 0 Å². The van der Waals surface area contributed by atoms with Gasteiger partial charge in [0.2, 0.25) is 24.1 Å². The van der Waals surface area contributed by atoms with Crippen molar-refractivity contribution in [1.82, 2.24) is 21.3 Å². The first-order valence-corrected chi connectivity index (χ1v) is 14.5. The fourth-order valence-electron chi connectivity index (χ4n) is 2.90. The Kier molecular flexibility index (Phi) is 33.5. The van der Waals surface area contributed by atoms with Crippen LogP contribution in [0.15, 0.2) is 37.0 Å². The minimum atomic E-state index is -0.255. The van der Waals surface area contributed by atoms with E-state index in [1.807, 2.05) is 34.6 Å². The second kappa shape index (κ2) is 32.5. The molecule has 0 saturated heterocycles. The van der Waals surface area contributed by atoms with E-state index < -0.39 is 0 Å². The van der Waals surface area contributed by atoms with Gasteiger partial charge in [0, 0.05) is 44.6 Å². The van der Waals surface area contributed by atoms with Gasteiger partial charge >= 0.3 is 0 Å². The van der Waals surface area contributed by atoms with Crippen LogP contribution in [0.4, 0.5) is 0 Å². The van der Waals surface area contributed by atoms with Gasteiger partial charge in [0.15, 0.2) is 0 Å². The maximum atomic E-state index is 11.8. The Morgan fingerprint density at radius 2 is 1.38 bits per heavy atom. The van der Waals surface area contributed by atoms with Gasteiger partial charge in [0.1, 0.15) is 6.61 Å². The molecule has 0 saturated carbocycles. The summed E-state index contributed by atoms with van der Waals surface area (Å²) in [6, 6.07) is 0. The van der Waals surface area contributed by atoms with E-state index in [1.54, 1.807) is 18.2 Å². The Labute approximate surface area is 253 Å². The minimum Gasteiger partial charge on any atom is -0.379 e. The first-order valence-electron chi connectivity index (χ1n) is 14.5. The molecule has 0 aliphatic carbocycles. The van der Waals surface area contributed by atoms with Crippen LogP contribution in [-0.2, 0) is 33.4 Å². The Morgan fingerprint density at radius 1 is 0.786 bits per heavy atom. The van der Waals surface area contributed by atoms with Gasteiger partial charge in [-0.2, -0.15) is 0 Å².